The number of aliphatic carboxylic acids is 2. The molecule has 0 aliphatic carbocycles. The number of amides is 2. The van der Waals surface area contributed by atoms with Crippen molar-refractivity contribution in [2.75, 3.05) is 29.0 Å². The predicted molar refractivity (Wildman–Crippen MR) is 178 cm³/mol. The van der Waals surface area contributed by atoms with Gasteiger partial charge in [-0.05, 0) is 60.6 Å². The van der Waals surface area contributed by atoms with Crippen molar-refractivity contribution in [1.82, 2.24) is 24.8 Å². The highest BCUT2D eigenvalue weighted by atomic mass is 35.5. The van der Waals surface area contributed by atoms with Gasteiger partial charge in [-0.25, -0.2) is 19.6 Å². The lowest BCUT2D eigenvalue weighted by Crippen LogP contribution is -2.29. The lowest BCUT2D eigenvalue weighted by molar-refractivity contribution is -0.193. The Kier molecular flexibility index (Phi) is 13.1. The first-order chi connectivity index (χ1) is 24.9. The molecular formula is C31H27ClF6N8O6S. The fourth-order valence-corrected chi connectivity index (χ4v) is 5.60. The third-order valence-corrected chi connectivity index (χ3v) is 8.31. The number of carbonyl (C=O) groups excluding carboxylic acids is 2. The molecule has 14 nitrogen and oxygen atoms in total. The molecule has 1 aromatic carbocycles. The number of likely N-dealkylation sites (tertiary alicyclic amines) is 1. The topological polar surface area (TPSA) is 200 Å². The number of carboxylic acid groups (broad SMARTS) is 2. The van der Waals surface area contributed by atoms with Gasteiger partial charge in [0.15, 0.2) is 10.8 Å². The molecule has 22 heteroatoms. The largest absolute Gasteiger partial charge is 0.490 e. The van der Waals surface area contributed by atoms with Gasteiger partial charge in [-0.3, -0.25) is 14.6 Å². The number of nitrogens with zero attached hydrogens (tertiary/aromatic N) is 5. The second-order valence-electron chi connectivity index (χ2n) is 11.2. The number of rotatable bonds is 4. The minimum Gasteiger partial charge on any atom is -0.475 e. The molecule has 5 heterocycles. The molecule has 1 fully saturated rings. The SMILES string of the molecule is O=C(C[C@H]1CCN(C(=O)c2nccs2)C1)Nc1ccc2cc1CCc1cncc(c1)Nc1ncc(Cl)c(n1)N2.O=C(O)C(F)(F)F.O=C(O)C(F)(F)F. The van der Waals surface area contributed by atoms with Gasteiger partial charge in [0, 0.05) is 48.7 Å². The number of aromatic nitrogens is 4. The van der Waals surface area contributed by atoms with E-state index in [1.807, 2.05) is 30.5 Å². The van der Waals surface area contributed by atoms with Crippen LogP contribution in [-0.2, 0) is 27.2 Å². The summed E-state index contributed by atoms with van der Waals surface area (Å²) in [6, 6.07) is 7.79. The molecule has 0 saturated carbocycles. The van der Waals surface area contributed by atoms with Crippen molar-refractivity contribution in [3.63, 3.8) is 0 Å². The highest BCUT2D eigenvalue weighted by molar-refractivity contribution is 7.11. The average Bonchev–Trinajstić information content (AvgIpc) is 3.79. The number of anilines is 5. The van der Waals surface area contributed by atoms with Gasteiger partial charge in [0.05, 0.1) is 18.1 Å². The van der Waals surface area contributed by atoms with Gasteiger partial charge in [-0.15, -0.1) is 11.3 Å². The van der Waals surface area contributed by atoms with E-state index in [9.17, 15) is 35.9 Å². The van der Waals surface area contributed by atoms with Gasteiger partial charge < -0.3 is 31.1 Å². The van der Waals surface area contributed by atoms with Crippen LogP contribution in [0.3, 0.4) is 0 Å². The number of alkyl halides is 6. The number of pyridine rings is 1. The summed E-state index contributed by atoms with van der Waals surface area (Å²) in [6.07, 6.45) is -0.893. The van der Waals surface area contributed by atoms with E-state index in [1.54, 1.807) is 28.9 Å². The molecule has 0 unspecified atom stereocenters. The summed E-state index contributed by atoms with van der Waals surface area (Å²) in [6.45, 7) is 1.19. The first-order valence-corrected chi connectivity index (χ1v) is 16.4. The molecule has 2 aliphatic rings. The Morgan fingerprint density at radius 3 is 2.28 bits per heavy atom. The van der Waals surface area contributed by atoms with E-state index in [0.717, 1.165) is 41.0 Å². The zero-order chi connectivity index (χ0) is 38.9. The summed E-state index contributed by atoms with van der Waals surface area (Å²) < 4.78 is 63.5. The molecule has 1 atom stereocenters. The number of thiazole rings is 1. The molecule has 53 heavy (non-hydrogen) atoms. The summed E-state index contributed by atoms with van der Waals surface area (Å²) >= 11 is 7.70. The van der Waals surface area contributed by atoms with Crippen molar-refractivity contribution in [1.29, 1.82) is 0 Å². The van der Waals surface area contributed by atoms with Crippen LogP contribution in [0.4, 0.5) is 55.2 Å². The van der Waals surface area contributed by atoms with Crippen molar-refractivity contribution in [2.24, 2.45) is 5.92 Å². The Labute approximate surface area is 304 Å². The van der Waals surface area contributed by atoms with Crippen LogP contribution >= 0.6 is 22.9 Å². The molecule has 5 N–H and O–H groups in total. The van der Waals surface area contributed by atoms with Crippen LogP contribution in [0.5, 0.6) is 0 Å². The van der Waals surface area contributed by atoms with E-state index in [4.69, 9.17) is 31.4 Å². The maximum absolute atomic E-state index is 13.1. The highest BCUT2D eigenvalue weighted by Gasteiger charge is 2.39. The molecule has 0 spiro atoms. The van der Waals surface area contributed by atoms with Crippen molar-refractivity contribution in [3.05, 3.63) is 75.6 Å². The zero-order valence-corrected chi connectivity index (χ0v) is 28.4. The number of carboxylic acids is 2. The molecule has 6 rings (SSSR count). The van der Waals surface area contributed by atoms with E-state index in [2.05, 4.69) is 35.9 Å². The van der Waals surface area contributed by atoms with Crippen LogP contribution < -0.4 is 16.0 Å². The van der Waals surface area contributed by atoms with Crippen molar-refractivity contribution < 1.29 is 55.7 Å². The second kappa shape index (κ2) is 17.3. The van der Waals surface area contributed by atoms with Crippen LogP contribution in [0.25, 0.3) is 0 Å². The Morgan fingerprint density at radius 2 is 1.64 bits per heavy atom. The molecule has 3 aromatic heterocycles. The summed E-state index contributed by atoms with van der Waals surface area (Å²) in [5, 5.41) is 26.5. The fourth-order valence-electron chi connectivity index (χ4n) is 4.86. The number of hydrogen-bond acceptors (Lipinski definition) is 11. The first kappa shape index (κ1) is 40.2. The van der Waals surface area contributed by atoms with E-state index in [0.29, 0.717) is 47.7 Å². The Balaban J connectivity index is 0.000000381. The number of aryl methyl sites for hydroxylation is 2. The monoisotopic (exact) mass is 788 g/mol. The van der Waals surface area contributed by atoms with E-state index < -0.39 is 24.3 Å². The Morgan fingerprint density at radius 1 is 0.943 bits per heavy atom. The maximum Gasteiger partial charge on any atom is 0.490 e. The van der Waals surface area contributed by atoms with Gasteiger partial charge in [-0.2, -0.15) is 31.3 Å². The third kappa shape index (κ3) is 12.0. The van der Waals surface area contributed by atoms with Crippen LogP contribution in [0, 0.1) is 5.92 Å². The zero-order valence-electron chi connectivity index (χ0n) is 26.8. The molecule has 4 aromatic rings. The van der Waals surface area contributed by atoms with Crippen molar-refractivity contribution in [3.8, 4) is 0 Å². The van der Waals surface area contributed by atoms with Gasteiger partial charge in [0.25, 0.3) is 5.91 Å². The summed E-state index contributed by atoms with van der Waals surface area (Å²) in [4.78, 5) is 62.5. The van der Waals surface area contributed by atoms with Crippen molar-refractivity contribution >= 4 is 75.5 Å². The quantitative estimate of drug-likeness (QED) is 0.144. The van der Waals surface area contributed by atoms with Crippen LogP contribution in [0.15, 0.2) is 54.4 Å². The molecule has 6 bridgehead atoms. The number of hydrogen-bond donors (Lipinski definition) is 5. The summed E-state index contributed by atoms with van der Waals surface area (Å²) in [7, 11) is 0. The smallest absolute Gasteiger partial charge is 0.475 e. The average molecular weight is 789 g/mol. The highest BCUT2D eigenvalue weighted by Crippen LogP contribution is 2.30. The van der Waals surface area contributed by atoms with Crippen molar-refractivity contribution in [2.45, 2.75) is 38.0 Å². The minimum absolute atomic E-state index is 0.0630. The normalized spacial score (nSPS) is 14.9. The van der Waals surface area contributed by atoms with Gasteiger partial charge in [0.1, 0.15) is 5.02 Å². The minimum atomic E-state index is -5.08. The molecule has 1 saturated heterocycles. The fraction of sp³-hybridized carbons (Fsp3) is 0.290. The second-order valence-corrected chi connectivity index (χ2v) is 12.5. The number of fused-ring (bicyclic) bond motifs is 6. The molecule has 0 radical (unpaired) electrons. The van der Waals surface area contributed by atoms with E-state index >= 15 is 0 Å². The van der Waals surface area contributed by atoms with Crippen LogP contribution in [-0.4, -0.2) is 84.2 Å². The number of nitrogens with one attached hydrogen (secondary N) is 3. The van der Waals surface area contributed by atoms with Crippen LogP contribution in [0.2, 0.25) is 5.02 Å². The third-order valence-electron chi connectivity index (χ3n) is 7.27. The Bertz CT molecular complexity index is 1930. The van der Waals surface area contributed by atoms with Gasteiger partial charge >= 0.3 is 24.3 Å². The maximum atomic E-state index is 13.1. The first-order valence-electron chi connectivity index (χ1n) is 15.1. The van der Waals surface area contributed by atoms with E-state index in [1.165, 1.54) is 11.3 Å². The molecular weight excluding hydrogens is 762 g/mol. The summed E-state index contributed by atoms with van der Waals surface area (Å²) in [5.74, 6) is -4.66. The standard InChI is InChI=1S/C27H25ClN8O2S.2C2HF3O2/c28-21-14-31-27-33-20-9-16(12-29-13-20)1-2-18-11-19(32-24(21)35-27)3-4-22(18)34-23(37)10-17-5-7-36(15-17)26(38)25-30-6-8-39-25;2*3-2(4,5)1(6)7/h3-4,6,8-9,11-14,17H,1-2,5,7,10,15H2,(H,34,37)(H2,31,32,33,35);2*(H,6,7)/t17-;;/m1../s1. The Hall–Kier alpha value is -5.57. The molecule has 2 aliphatic heterocycles. The molecule has 2 amide bonds. The number of halogens is 7. The van der Waals surface area contributed by atoms with E-state index in [-0.39, 0.29) is 17.7 Å². The van der Waals surface area contributed by atoms with Gasteiger partial charge in [-0.1, -0.05) is 11.6 Å². The lowest BCUT2D eigenvalue weighted by Gasteiger charge is -2.17. The van der Waals surface area contributed by atoms with Gasteiger partial charge in [0.2, 0.25) is 11.9 Å². The predicted octanol–water partition coefficient (Wildman–Crippen LogP) is 6.32. The number of benzene rings is 1. The summed E-state index contributed by atoms with van der Waals surface area (Å²) in [5.41, 5.74) is 4.35. The molecule has 282 valence electrons. The number of carbonyl (C=O) groups is 4. The lowest BCUT2D eigenvalue weighted by atomic mass is 10.0. The van der Waals surface area contributed by atoms with Crippen LogP contribution in [0.1, 0.15) is 33.8 Å².